The topological polar surface area (TPSA) is 102 Å². The molecule has 2 aromatic carbocycles. The minimum absolute atomic E-state index is 0.108. The van der Waals surface area contributed by atoms with Gasteiger partial charge in [-0.15, -0.1) is 0 Å². The SMILES string of the molecule is COc1ccc(Cl)cc1S(=O)(=O)c1cnc(N2CCN(c3ccc(F)cc3)CC2)nc1N. The second kappa shape index (κ2) is 8.79. The van der Waals surface area contributed by atoms with Crippen LogP contribution in [0.2, 0.25) is 5.02 Å². The van der Waals surface area contributed by atoms with Crippen molar-refractivity contribution in [3.63, 3.8) is 0 Å². The highest BCUT2D eigenvalue weighted by Gasteiger charge is 2.28. The van der Waals surface area contributed by atoms with Crippen LogP contribution in [0.3, 0.4) is 0 Å². The van der Waals surface area contributed by atoms with Gasteiger partial charge in [0.25, 0.3) is 0 Å². The molecule has 0 bridgehead atoms. The van der Waals surface area contributed by atoms with Crippen molar-refractivity contribution in [3.05, 3.63) is 59.5 Å². The van der Waals surface area contributed by atoms with E-state index < -0.39 is 9.84 Å². The average molecular weight is 478 g/mol. The number of anilines is 3. The third kappa shape index (κ3) is 4.28. The summed E-state index contributed by atoms with van der Waals surface area (Å²) in [5.41, 5.74) is 6.97. The van der Waals surface area contributed by atoms with Crippen LogP contribution in [0.15, 0.2) is 58.5 Å². The lowest BCUT2D eigenvalue weighted by Crippen LogP contribution is -2.47. The minimum atomic E-state index is -4.05. The second-order valence-electron chi connectivity index (χ2n) is 7.17. The Kier molecular flexibility index (Phi) is 6.07. The molecular weight excluding hydrogens is 457 g/mol. The summed E-state index contributed by atoms with van der Waals surface area (Å²) < 4.78 is 44.6. The van der Waals surface area contributed by atoms with E-state index in [0.717, 1.165) is 5.69 Å². The summed E-state index contributed by atoms with van der Waals surface area (Å²) in [5, 5.41) is 0.250. The lowest BCUT2D eigenvalue weighted by molar-refractivity contribution is 0.402. The maximum Gasteiger partial charge on any atom is 0.227 e. The van der Waals surface area contributed by atoms with E-state index >= 15 is 0 Å². The molecule has 1 fully saturated rings. The number of nitrogens with two attached hydrogens (primary N) is 1. The third-order valence-corrected chi connectivity index (χ3v) is 7.26. The van der Waals surface area contributed by atoms with Crippen molar-refractivity contribution >= 4 is 38.9 Å². The molecule has 0 unspecified atom stereocenters. The predicted octanol–water partition coefficient (Wildman–Crippen LogP) is 3.02. The van der Waals surface area contributed by atoms with Gasteiger partial charge < -0.3 is 20.3 Å². The van der Waals surface area contributed by atoms with E-state index in [1.165, 1.54) is 43.6 Å². The Morgan fingerprint density at radius 1 is 1.03 bits per heavy atom. The number of nitrogen functional groups attached to an aromatic ring is 1. The molecule has 4 rings (SSSR count). The fourth-order valence-corrected chi connectivity index (χ4v) is 5.21. The maximum absolute atomic E-state index is 13.2. The van der Waals surface area contributed by atoms with Gasteiger partial charge >= 0.3 is 0 Å². The number of halogens is 2. The van der Waals surface area contributed by atoms with Gasteiger partial charge in [0.05, 0.1) is 13.3 Å². The molecular formula is C21H21ClFN5O3S. The highest BCUT2D eigenvalue weighted by molar-refractivity contribution is 7.91. The number of benzene rings is 2. The summed E-state index contributed by atoms with van der Waals surface area (Å²) in [6.45, 7) is 2.55. The molecule has 0 aliphatic carbocycles. The van der Waals surface area contributed by atoms with E-state index in [1.54, 1.807) is 12.1 Å². The van der Waals surface area contributed by atoms with Crippen LogP contribution in [-0.2, 0) is 9.84 Å². The van der Waals surface area contributed by atoms with Crippen LogP contribution in [0.5, 0.6) is 5.75 Å². The fourth-order valence-electron chi connectivity index (χ4n) is 3.53. The largest absolute Gasteiger partial charge is 0.495 e. The van der Waals surface area contributed by atoms with Gasteiger partial charge in [0, 0.05) is 36.9 Å². The van der Waals surface area contributed by atoms with E-state index in [4.69, 9.17) is 22.1 Å². The molecule has 32 heavy (non-hydrogen) atoms. The predicted molar refractivity (Wildman–Crippen MR) is 121 cm³/mol. The minimum Gasteiger partial charge on any atom is -0.495 e. The third-order valence-electron chi connectivity index (χ3n) is 5.23. The van der Waals surface area contributed by atoms with Gasteiger partial charge in [-0.25, -0.2) is 17.8 Å². The summed E-state index contributed by atoms with van der Waals surface area (Å²) in [5.74, 6) is 0.0627. The number of methoxy groups -OCH3 is 1. The Hall–Kier alpha value is -3.11. The summed E-state index contributed by atoms with van der Waals surface area (Å²) in [7, 11) is -2.68. The molecule has 0 saturated carbocycles. The number of aromatic nitrogens is 2. The smallest absolute Gasteiger partial charge is 0.227 e. The molecule has 0 amide bonds. The molecule has 2 heterocycles. The van der Waals surface area contributed by atoms with Crippen molar-refractivity contribution in [2.75, 3.05) is 48.8 Å². The number of nitrogens with zero attached hydrogens (tertiary/aromatic N) is 4. The Morgan fingerprint density at radius 3 is 2.31 bits per heavy atom. The first-order valence-corrected chi connectivity index (χ1v) is 11.6. The van der Waals surface area contributed by atoms with Crippen LogP contribution < -0.4 is 20.3 Å². The molecule has 2 N–H and O–H groups in total. The van der Waals surface area contributed by atoms with Gasteiger partial charge in [0.1, 0.15) is 27.2 Å². The quantitative estimate of drug-likeness (QED) is 0.598. The fraction of sp³-hybridized carbons (Fsp3) is 0.238. The Labute approximate surface area is 190 Å². The van der Waals surface area contributed by atoms with Crippen LogP contribution >= 0.6 is 11.6 Å². The average Bonchev–Trinajstić information content (AvgIpc) is 2.79. The van der Waals surface area contributed by atoms with E-state index in [-0.39, 0.29) is 32.2 Å². The number of ether oxygens (including phenoxy) is 1. The normalized spacial score (nSPS) is 14.5. The Balaban J connectivity index is 1.54. The molecule has 1 aliphatic heterocycles. The number of hydrogen-bond donors (Lipinski definition) is 1. The van der Waals surface area contributed by atoms with Crippen molar-refractivity contribution in [1.82, 2.24) is 9.97 Å². The van der Waals surface area contributed by atoms with Crippen molar-refractivity contribution in [2.24, 2.45) is 0 Å². The molecule has 1 aromatic heterocycles. The Morgan fingerprint density at radius 2 is 1.69 bits per heavy atom. The van der Waals surface area contributed by atoms with Crippen molar-refractivity contribution < 1.29 is 17.5 Å². The molecule has 3 aromatic rings. The van der Waals surface area contributed by atoms with Gasteiger partial charge in [-0.05, 0) is 42.5 Å². The molecule has 0 spiro atoms. The van der Waals surface area contributed by atoms with Gasteiger partial charge in [0.15, 0.2) is 0 Å². The monoisotopic (exact) mass is 477 g/mol. The zero-order valence-electron chi connectivity index (χ0n) is 17.2. The number of hydrogen-bond acceptors (Lipinski definition) is 8. The van der Waals surface area contributed by atoms with Crippen LogP contribution in [0.4, 0.5) is 21.8 Å². The molecule has 1 saturated heterocycles. The number of piperazine rings is 1. The van der Waals surface area contributed by atoms with E-state index in [9.17, 15) is 12.8 Å². The number of rotatable bonds is 5. The second-order valence-corrected chi connectivity index (χ2v) is 9.49. The molecule has 0 radical (unpaired) electrons. The lowest BCUT2D eigenvalue weighted by Gasteiger charge is -2.36. The lowest BCUT2D eigenvalue weighted by atomic mass is 10.2. The van der Waals surface area contributed by atoms with Gasteiger partial charge in [-0.3, -0.25) is 0 Å². The molecule has 1 aliphatic rings. The van der Waals surface area contributed by atoms with Crippen LogP contribution in [0, 0.1) is 5.82 Å². The van der Waals surface area contributed by atoms with Crippen LogP contribution in [0.25, 0.3) is 0 Å². The Bertz CT molecular complexity index is 1230. The molecule has 168 valence electrons. The van der Waals surface area contributed by atoms with Gasteiger partial charge in [0.2, 0.25) is 15.8 Å². The van der Waals surface area contributed by atoms with E-state index in [0.29, 0.717) is 32.1 Å². The molecule has 8 nitrogen and oxygen atoms in total. The van der Waals surface area contributed by atoms with Crippen molar-refractivity contribution in [3.8, 4) is 5.75 Å². The van der Waals surface area contributed by atoms with Gasteiger partial charge in [-0.1, -0.05) is 11.6 Å². The summed E-state index contributed by atoms with van der Waals surface area (Å²) in [6, 6.07) is 10.7. The molecule has 11 heteroatoms. The highest BCUT2D eigenvalue weighted by Crippen LogP contribution is 2.33. The summed E-state index contributed by atoms with van der Waals surface area (Å²) in [6.07, 6.45) is 1.21. The van der Waals surface area contributed by atoms with Crippen molar-refractivity contribution in [2.45, 2.75) is 9.79 Å². The van der Waals surface area contributed by atoms with Crippen LogP contribution in [-0.4, -0.2) is 51.7 Å². The molecule has 0 atom stereocenters. The highest BCUT2D eigenvalue weighted by atomic mass is 35.5. The van der Waals surface area contributed by atoms with E-state index in [1.807, 2.05) is 4.90 Å². The van der Waals surface area contributed by atoms with Crippen LogP contribution in [0.1, 0.15) is 0 Å². The summed E-state index contributed by atoms with van der Waals surface area (Å²) >= 11 is 5.99. The first-order valence-electron chi connectivity index (χ1n) is 9.76. The van der Waals surface area contributed by atoms with Gasteiger partial charge in [-0.2, -0.15) is 4.98 Å². The maximum atomic E-state index is 13.2. The first-order chi connectivity index (χ1) is 15.3. The van der Waals surface area contributed by atoms with E-state index in [2.05, 4.69) is 14.9 Å². The van der Waals surface area contributed by atoms with Crippen molar-refractivity contribution in [1.29, 1.82) is 0 Å². The first kappa shape index (κ1) is 22.1. The summed E-state index contributed by atoms with van der Waals surface area (Å²) in [4.78, 5) is 12.2. The zero-order valence-corrected chi connectivity index (χ0v) is 18.8. The standard InChI is InChI=1S/C21H21ClFN5O3S/c1-31-17-7-2-14(22)12-18(17)32(29,30)19-13-25-21(26-20(19)24)28-10-8-27(9-11-28)16-5-3-15(23)4-6-16/h2-7,12-13H,8-11H2,1H3,(H2,24,25,26). The number of sulfone groups is 1. The zero-order chi connectivity index (χ0) is 22.9.